The molecule has 1 heterocycles. The highest BCUT2D eigenvalue weighted by molar-refractivity contribution is 8.13. The van der Waals surface area contributed by atoms with Gasteiger partial charge in [0.2, 0.25) is 9.70 Å². The van der Waals surface area contributed by atoms with E-state index in [0.717, 1.165) is 22.7 Å². The lowest BCUT2D eigenvalue weighted by molar-refractivity contribution is -0.158. The molecule has 0 saturated heterocycles. The van der Waals surface area contributed by atoms with Crippen molar-refractivity contribution >= 4 is 92.2 Å². The third-order valence-corrected chi connectivity index (χ3v) is 7.40. The average molecular weight is 708 g/mol. The molecular formula is C33H37Cl3N4O5S. The Kier molecular flexibility index (Phi) is 13.3. The van der Waals surface area contributed by atoms with E-state index in [1.54, 1.807) is 53.0 Å². The van der Waals surface area contributed by atoms with Crippen LogP contribution in [-0.2, 0) is 23.9 Å². The number of thioether (sulfide) groups is 1. The minimum atomic E-state index is -2.00. The molecule has 1 amide bonds. The summed E-state index contributed by atoms with van der Waals surface area (Å²) in [7, 11) is 0. The number of hydrogen-bond acceptors (Lipinski definition) is 8. The molecule has 1 atom stereocenters. The van der Waals surface area contributed by atoms with Crippen molar-refractivity contribution in [1.82, 2.24) is 15.6 Å². The van der Waals surface area contributed by atoms with E-state index in [9.17, 15) is 14.4 Å². The highest BCUT2D eigenvalue weighted by atomic mass is 35.6. The monoisotopic (exact) mass is 706 g/mol. The first-order valence-corrected chi connectivity index (χ1v) is 16.4. The van der Waals surface area contributed by atoms with Gasteiger partial charge in [-0.05, 0) is 61.7 Å². The number of benzene rings is 2. The summed E-state index contributed by atoms with van der Waals surface area (Å²) in [6, 6.07) is 18.4. The first-order chi connectivity index (χ1) is 21.5. The first-order valence-electron chi connectivity index (χ1n) is 14.3. The number of alkyl halides is 3. The lowest BCUT2D eigenvalue weighted by atomic mass is 9.86. The van der Waals surface area contributed by atoms with Crippen molar-refractivity contribution in [3.8, 4) is 0 Å². The second-order valence-electron chi connectivity index (χ2n) is 12.0. The number of nitrogens with zero attached hydrogens (tertiary/aromatic N) is 2. The van der Waals surface area contributed by atoms with E-state index in [-0.39, 0.29) is 23.9 Å². The van der Waals surface area contributed by atoms with E-state index in [0.29, 0.717) is 11.2 Å². The summed E-state index contributed by atoms with van der Waals surface area (Å²) in [6.45, 7) is 8.92. The minimum absolute atomic E-state index is 0.0272. The molecule has 2 N–H and O–H groups in total. The third kappa shape index (κ3) is 13.2. The highest BCUT2D eigenvalue weighted by Gasteiger charge is 2.35. The van der Waals surface area contributed by atoms with Crippen LogP contribution >= 0.6 is 46.6 Å². The maximum Gasteiger partial charge on any atom is 0.307 e. The molecule has 13 heteroatoms. The van der Waals surface area contributed by atoms with E-state index in [2.05, 4.69) is 15.6 Å². The lowest BCUT2D eigenvalue weighted by Gasteiger charge is -2.27. The Morgan fingerprint density at radius 1 is 0.913 bits per heavy atom. The van der Waals surface area contributed by atoms with Crippen molar-refractivity contribution in [3.05, 3.63) is 78.5 Å². The van der Waals surface area contributed by atoms with Gasteiger partial charge in [0.1, 0.15) is 17.7 Å². The normalized spacial score (nSPS) is 13.3. The average Bonchev–Trinajstić information content (AvgIpc) is 2.94. The van der Waals surface area contributed by atoms with E-state index < -0.39 is 38.8 Å². The van der Waals surface area contributed by atoms with Gasteiger partial charge in [0.05, 0.1) is 24.0 Å². The number of aromatic nitrogens is 1. The van der Waals surface area contributed by atoms with Crippen molar-refractivity contribution in [2.75, 3.05) is 5.94 Å². The van der Waals surface area contributed by atoms with Crippen LogP contribution in [0.1, 0.15) is 53.0 Å². The van der Waals surface area contributed by atoms with Crippen LogP contribution in [0.4, 0.5) is 5.69 Å². The third-order valence-electron chi connectivity index (χ3n) is 6.02. The van der Waals surface area contributed by atoms with Crippen LogP contribution < -0.4 is 10.6 Å². The molecule has 3 rings (SSSR count). The van der Waals surface area contributed by atoms with Gasteiger partial charge >= 0.3 is 11.9 Å². The highest BCUT2D eigenvalue weighted by Crippen LogP contribution is 2.31. The number of carbonyl (C=O) groups is 3. The van der Waals surface area contributed by atoms with Crippen LogP contribution in [0.3, 0.4) is 0 Å². The van der Waals surface area contributed by atoms with Gasteiger partial charge in [0, 0.05) is 17.7 Å². The Bertz CT molecular complexity index is 1570. The molecule has 2 aromatic carbocycles. The van der Waals surface area contributed by atoms with Crippen molar-refractivity contribution < 1.29 is 23.9 Å². The molecule has 0 aliphatic heterocycles. The van der Waals surface area contributed by atoms with E-state index >= 15 is 0 Å². The Balaban J connectivity index is 1.77. The second kappa shape index (κ2) is 16.5. The SMILES string of the molecule is CC(C)(CC(=O)OCS/C(=N/c1cccc2cccnc12)NC(NC(=O)/C=C/c1ccccc1)C(Cl)(Cl)Cl)CC(=O)OC(C)(C)C. The summed E-state index contributed by atoms with van der Waals surface area (Å²) in [5.41, 5.74) is 0.594. The molecule has 0 spiro atoms. The fourth-order valence-electron chi connectivity index (χ4n) is 4.07. The molecule has 46 heavy (non-hydrogen) atoms. The number of esters is 2. The van der Waals surface area contributed by atoms with Crippen molar-refractivity contribution in [1.29, 1.82) is 0 Å². The maximum absolute atomic E-state index is 12.8. The van der Waals surface area contributed by atoms with E-state index in [4.69, 9.17) is 49.3 Å². The maximum atomic E-state index is 12.8. The van der Waals surface area contributed by atoms with E-state index in [1.165, 1.54) is 6.08 Å². The summed E-state index contributed by atoms with van der Waals surface area (Å²) in [4.78, 5) is 47.0. The van der Waals surface area contributed by atoms with E-state index in [1.807, 2.05) is 54.6 Å². The van der Waals surface area contributed by atoms with Gasteiger partial charge in [0.15, 0.2) is 5.17 Å². The Morgan fingerprint density at radius 2 is 1.59 bits per heavy atom. The van der Waals surface area contributed by atoms with Gasteiger partial charge < -0.3 is 20.1 Å². The second-order valence-corrected chi connectivity index (χ2v) is 15.3. The first kappa shape index (κ1) is 37.2. The summed E-state index contributed by atoms with van der Waals surface area (Å²) < 4.78 is 8.88. The molecule has 246 valence electrons. The molecule has 0 fully saturated rings. The van der Waals surface area contributed by atoms with Gasteiger partial charge in [0.25, 0.3) is 0 Å². The van der Waals surface area contributed by atoms with Gasteiger partial charge in [-0.15, -0.1) is 0 Å². The molecule has 0 bridgehead atoms. The number of aliphatic imine (C=N–C) groups is 1. The van der Waals surface area contributed by atoms with Crippen LogP contribution in [0.25, 0.3) is 17.0 Å². The zero-order valence-corrected chi connectivity index (χ0v) is 29.3. The zero-order valence-electron chi connectivity index (χ0n) is 26.2. The largest absolute Gasteiger partial charge is 0.460 e. The van der Waals surface area contributed by atoms with Crippen LogP contribution in [0.15, 0.2) is 77.9 Å². The molecule has 9 nitrogen and oxygen atoms in total. The van der Waals surface area contributed by atoms with Crippen LogP contribution in [0.5, 0.6) is 0 Å². The summed E-state index contributed by atoms with van der Waals surface area (Å²) in [6.07, 6.45) is 3.37. The number of fused-ring (bicyclic) bond motifs is 1. The summed E-state index contributed by atoms with van der Waals surface area (Å²) in [5.74, 6) is -1.62. The van der Waals surface area contributed by atoms with Crippen LogP contribution in [-0.4, -0.2) is 49.5 Å². The minimum Gasteiger partial charge on any atom is -0.460 e. The standard InChI is InChI=1S/C33H37Cl3N4O5S/c1-31(2,3)45-27(43)20-32(4,5)19-26(42)44-21-46-30(38-24-15-9-13-23-14-10-18-37-28(23)24)40-29(33(34,35)36)39-25(41)17-16-22-11-7-6-8-12-22/h6-18,29H,19-21H2,1-5H3,(H,38,40)(H,39,41)/b17-16+. The van der Waals surface area contributed by atoms with Gasteiger partial charge in [-0.3, -0.25) is 19.4 Å². The van der Waals surface area contributed by atoms with Gasteiger partial charge in [-0.25, -0.2) is 4.99 Å². The number of rotatable bonds is 11. The molecule has 3 aromatic rings. The molecular weight excluding hydrogens is 671 g/mol. The van der Waals surface area contributed by atoms with Crippen LogP contribution in [0.2, 0.25) is 0 Å². The number of para-hydroxylation sites is 1. The molecule has 0 aliphatic rings. The lowest BCUT2D eigenvalue weighted by Crippen LogP contribution is -2.54. The number of halogens is 3. The van der Waals surface area contributed by atoms with Crippen molar-refractivity contribution in [2.45, 2.75) is 63.0 Å². The van der Waals surface area contributed by atoms with Gasteiger partial charge in [-0.1, -0.05) is 97.2 Å². The molecule has 0 aliphatic carbocycles. The Morgan fingerprint density at radius 3 is 2.26 bits per heavy atom. The molecule has 1 unspecified atom stereocenters. The van der Waals surface area contributed by atoms with Crippen LogP contribution in [0, 0.1) is 5.41 Å². The summed E-state index contributed by atoms with van der Waals surface area (Å²) >= 11 is 19.8. The molecule has 1 aromatic heterocycles. The smallest absolute Gasteiger partial charge is 0.307 e. The topological polar surface area (TPSA) is 119 Å². The van der Waals surface area contributed by atoms with Crippen molar-refractivity contribution in [3.63, 3.8) is 0 Å². The number of hydrogen-bond donors (Lipinski definition) is 2. The molecule has 0 radical (unpaired) electrons. The number of ether oxygens (including phenoxy) is 2. The van der Waals surface area contributed by atoms with Crippen molar-refractivity contribution in [2.24, 2.45) is 10.4 Å². The predicted molar refractivity (Wildman–Crippen MR) is 187 cm³/mol. The Labute approximate surface area is 288 Å². The number of carbonyl (C=O) groups excluding carboxylic acids is 3. The number of amides is 1. The quantitative estimate of drug-likeness (QED) is 0.0520. The fraction of sp³-hybridized carbons (Fsp3) is 0.364. The fourth-order valence-corrected chi connectivity index (χ4v) is 5.06. The number of pyridine rings is 1. The number of nitrogens with one attached hydrogen (secondary N) is 2. The van der Waals surface area contributed by atoms with Gasteiger partial charge in [-0.2, -0.15) is 0 Å². The predicted octanol–water partition coefficient (Wildman–Crippen LogP) is 7.72. The number of amidine groups is 1. The Hall–Kier alpha value is -3.31. The summed E-state index contributed by atoms with van der Waals surface area (Å²) in [5, 5.41) is 6.66. The zero-order chi connectivity index (χ0) is 34.0. The molecule has 0 saturated carbocycles.